The zero-order valence-corrected chi connectivity index (χ0v) is 15.8. The number of carboxylic acid groups (broad SMARTS) is 1. The second-order valence-electron chi connectivity index (χ2n) is 6.98. The van der Waals surface area contributed by atoms with Crippen molar-refractivity contribution in [1.82, 2.24) is 15.3 Å². The molecule has 0 bridgehead atoms. The molecule has 1 saturated heterocycles. The molecule has 1 fully saturated rings. The van der Waals surface area contributed by atoms with Crippen LogP contribution in [-0.4, -0.2) is 59.0 Å². The fourth-order valence-corrected chi connectivity index (χ4v) is 2.89. The monoisotopic (exact) mass is 366 g/mol. The lowest BCUT2D eigenvalue weighted by Crippen LogP contribution is -2.47. The molecule has 9 heteroatoms. The molecule has 2 atom stereocenters. The summed E-state index contributed by atoms with van der Waals surface area (Å²) >= 11 is 0. The van der Waals surface area contributed by atoms with Crippen molar-refractivity contribution in [3.05, 3.63) is 11.8 Å². The third-order valence-electron chi connectivity index (χ3n) is 3.91. The van der Waals surface area contributed by atoms with E-state index in [2.05, 4.69) is 15.3 Å². The number of carbonyl (C=O) groups is 2. The Hall–Kier alpha value is -2.42. The minimum atomic E-state index is -1.15. The number of hydrogen-bond acceptors (Lipinski definition) is 8. The number of nitrogens with one attached hydrogen (secondary N) is 1. The highest BCUT2D eigenvalue weighted by Gasteiger charge is 2.41. The van der Waals surface area contributed by atoms with Crippen LogP contribution in [0, 0.1) is 5.92 Å². The minimum absolute atomic E-state index is 0.0144. The maximum Gasteiger partial charge on any atom is 0.342 e. The number of carbonyl (C=O) groups excluding carboxylic acids is 1. The number of anilines is 1. The van der Waals surface area contributed by atoms with Crippen LogP contribution in [0.5, 0.6) is 5.88 Å². The molecule has 0 aliphatic carbocycles. The molecule has 0 aromatic carbocycles. The van der Waals surface area contributed by atoms with Gasteiger partial charge in [-0.1, -0.05) is 0 Å². The first-order valence-electron chi connectivity index (χ1n) is 8.57. The summed E-state index contributed by atoms with van der Waals surface area (Å²) in [4.78, 5) is 34.0. The summed E-state index contributed by atoms with van der Waals surface area (Å²) in [5.41, 5.74) is -0.663. The third-order valence-corrected chi connectivity index (χ3v) is 3.91. The van der Waals surface area contributed by atoms with E-state index in [9.17, 15) is 14.7 Å². The van der Waals surface area contributed by atoms with Crippen molar-refractivity contribution in [2.75, 3.05) is 25.1 Å². The van der Waals surface area contributed by atoms with Gasteiger partial charge in [-0.25, -0.2) is 9.78 Å². The molecule has 144 valence electrons. The van der Waals surface area contributed by atoms with E-state index >= 15 is 0 Å². The number of aromatic nitrogens is 2. The number of aromatic carboxylic acids is 1. The van der Waals surface area contributed by atoms with E-state index in [1.54, 1.807) is 14.0 Å². The van der Waals surface area contributed by atoms with Gasteiger partial charge in [-0.2, -0.15) is 4.98 Å². The second kappa shape index (κ2) is 7.86. The van der Waals surface area contributed by atoms with Crippen LogP contribution in [0.3, 0.4) is 0 Å². The summed E-state index contributed by atoms with van der Waals surface area (Å²) in [5.74, 6) is -1.49. The summed E-state index contributed by atoms with van der Waals surface area (Å²) < 4.78 is 10.8. The van der Waals surface area contributed by atoms with Crippen LogP contribution in [0.2, 0.25) is 0 Å². The molecule has 1 aromatic heterocycles. The Labute approximate surface area is 152 Å². The van der Waals surface area contributed by atoms with E-state index < -0.39 is 11.6 Å². The summed E-state index contributed by atoms with van der Waals surface area (Å²) in [5, 5.41) is 12.3. The van der Waals surface area contributed by atoms with Crippen molar-refractivity contribution in [1.29, 1.82) is 0 Å². The van der Waals surface area contributed by atoms with Crippen molar-refractivity contribution in [3.8, 4) is 5.88 Å². The fraction of sp³-hybridized carbons (Fsp3) is 0.647. The molecule has 2 heterocycles. The molecule has 0 saturated carbocycles. The maximum atomic E-state index is 12.5. The second-order valence-corrected chi connectivity index (χ2v) is 6.98. The first-order chi connectivity index (χ1) is 12.2. The van der Waals surface area contributed by atoms with Crippen molar-refractivity contribution in [2.24, 2.45) is 5.92 Å². The fourth-order valence-electron chi connectivity index (χ4n) is 2.89. The highest BCUT2D eigenvalue weighted by atomic mass is 16.6. The lowest BCUT2D eigenvalue weighted by atomic mass is 10.1. The van der Waals surface area contributed by atoms with Crippen LogP contribution >= 0.6 is 0 Å². The molecular formula is C17H26N4O5. The lowest BCUT2D eigenvalue weighted by Gasteiger charge is -2.29. The van der Waals surface area contributed by atoms with Gasteiger partial charge in [0.05, 0.1) is 24.9 Å². The van der Waals surface area contributed by atoms with E-state index in [1.807, 2.05) is 25.7 Å². The minimum Gasteiger partial charge on any atom is -0.477 e. The number of hydrogen-bond donors (Lipinski definition) is 2. The molecule has 0 spiro atoms. The van der Waals surface area contributed by atoms with E-state index in [4.69, 9.17) is 9.47 Å². The van der Waals surface area contributed by atoms with Gasteiger partial charge in [0.2, 0.25) is 11.8 Å². The van der Waals surface area contributed by atoms with E-state index in [0.29, 0.717) is 18.9 Å². The van der Waals surface area contributed by atoms with Crippen LogP contribution in [0.15, 0.2) is 6.20 Å². The third kappa shape index (κ3) is 4.40. The predicted molar refractivity (Wildman–Crippen MR) is 94.3 cm³/mol. The van der Waals surface area contributed by atoms with Crippen LogP contribution in [0.4, 0.5) is 5.95 Å². The Morgan fingerprint density at radius 2 is 2.12 bits per heavy atom. The first kappa shape index (κ1) is 19.9. The van der Waals surface area contributed by atoms with Gasteiger partial charge in [-0.3, -0.25) is 10.1 Å². The van der Waals surface area contributed by atoms with Gasteiger partial charge in [-0.15, -0.1) is 0 Å². The van der Waals surface area contributed by atoms with E-state index in [0.717, 1.165) is 0 Å². The van der Waals surface area contributed by atoms with E-state index in [-0.39, 0.29) is 36.1 Å². The molecular weight excluding hydrogens is 340 g/mol. The molecule has 9 nitrogen and oxygen atoms in total. The Morgan fingerprint density at radius 3 is 2.65 bits per heavy atom. The van der Waals surface area contributed by atoms with Gasteiger partial charge in [0.25, 0.3) is 0 Å². The SMILES string of the molecule is CCOc1nc(N2CCC(C(=O)OC(C)(C)C)[C@H]2NC)ncc1C(=O)O. The Kier molecular flexibility index (Phi) is 6.01. The zero-order valence-electron chi connectivity index (χ0n) is 15.8. The van der Waals surface area contributed by atoms with Gasteiger partial charge in [-0.05, 0) is 41.2 Å². The van der Waals surface area contributed by atoms with Crippen LogP contribution in [0.25, 0.3) is 0 Å². The Morgan fingerprint density at radius 1 is 1.42 bits per heavy atom. The number of carboxylic acids is 1. The summed E-state index contributed by atoms with van der Waals surface area (Å²) in [6.45, 7) is 8.05. The lowest BCUT2D eigenvalue weighted by molar-refractivity contribution is -0.160. The van der Waals surface area contributed by atoms with Crippen LogP contribution in [0.1, 0.15) is 44.5 Å². The molecule has 1 unspecified atom stereocenters. The summed E-state index contributed by atoms with van der Waals surface area (Å²) in [7, 11) is 1.75. The quantitative estimate of drug-likeness (QED) is 0.719. The summed E-state index contributed by atoms with van der Waals surface area (Å²) in [6.07, 6.45) is 1.45. The van der Waals surface area contributed by atoms with Gasteiger partial charge in [0.15, 0.2) is 0 Å². The molecule has 26 heavy (non-hydrogen) atoms. The van der Waals surface area contributed by atoms with Crippen LogP contribution < -0.4 is 15.0 Å². The molecule has 1 aromatic rings. The average Bonchev–Trinajstić information content (AvgIpc) is 2.97. The highest BCUT2D eigenvalue weighted by molar-refractivity contribution is 5.90. The molecule has 0 amide bonds. The maximum absolute atomic E-state index is 12.5. The van der Waals surface area contributed by atoms with Crippen molar-refractivity contribution in [3.63, 3.8) is 0 Å². The molecule has 1 aliphatic rings. The first-order valence-corrected chi connectivity index (χ1v) is 8.57. The summed E-state index contributed by atoms with van der Waals surface area (Å²) in [6, 6.07) is 0. The standard InChI is InChI=1S/C17H26N4O5/c1-6-25-13-11(14(22)23)9-19-16(20-13)21-8-7-10(12(21)18-5)15(24)26-17(2,3)4/h9-10,12,18H,6-8H2,1-5H3,(H,22,23)/t10?,12-/m0/s1. The molecule has 0 radical (unpaired) electrons. The topological polar surface area (TPSA) is 114 Å². The van der Waals surface area contributed by atoms with Crippen molar-refractivity contribution in [2.45, 2.75) is 45.9 Å². The van der Waals surface area contributed by atoms with Gasteiger partial charge in [0, 0.05) is 6.54 Å². The van der Waals surface area contributed by atoms with Gasteiger partial charge in [0.1, 0.15) is 11.2 Å². The average molecular weight is 366 g/mol. The zero-order chi connectivity index (χ0) is 19.5. The Bertz CT molecular complexity index is 674. The van der Waals surface area contributed by atoms with Crippen LogP contribution in [-0.2, 0) is 9.53 Å². The number of nitrogens with zero attached hydrogens (tertiary/aromatic N) is 3. The Balaban J connectivity index is 2.27. The predicted octanol–water partition coefficient (Wildman–Crippen LogP) is 1.29. The van der Waals surface area contributed by atoms with Gasteiger partial charge < -0.3 is 19.5 Å². The number of esters is 1. The largest absolute Gasteiger partial charge is 0.477 e. The molecule has 2 rings (SSSR count). The van der Waals surface area contributed by atoms with Crippen molar-refractivity contribution < 1.29 is 24.2 Å². The number of ether oxygens (including phenoxy) is 2. The van der Waals surface area contributed by atoms with E-state index in [1.165, 1.54) is 6.20 Å². The van der Waals surface area contributed by atoms with Gasteiger partial charge >= 0.3 is 11.9 Å². The highest BCUT2D eigenvalue weighted by Crippen LogP contribution is 2.30. The van der Waals surface area contributed by atoms with Crippen molar-refractivity contribution >= 4 is 17.9 Å². The molecule has 2 N–H and O–H groups in total. The normalized spacial score (nSPS) is 20.1. The molecule has 1 aliphatic heterocycles. The number of rotatable bonds is 6. The smallest absolute Gasteiger partial charge is 0.342 e.